The van der Waals surface area contributed by atoms with Crippen LogP contribution < -0.4 is 10.0 Å². The molecule has 0 aliphatic carbocycles. The predicted octanol–water partition coefficient (Wildman–Crippen LogP) is 3.60. The van der Waals surface area contributed by atoms with Gasteiger partial charge in [-0.05, 0) is 42.8 Å². The Bertz CT molecular complexity index is 1180. The summed E-state index contributed by atoms with van der Waals surface area (Å²) >= 11 is 0. The number of aryl methyl sites for hydroxylation is 1. The number of carbonyl (C=O) groups excluding carboxylic acids is 1. The van der Waals surface area contributed by atoms with Crippen molar-refractivity contribution in [2.45, 2.75) is 18.4 Å². The van der Waals surface area contributed by atoms with Crippen LogP contribution in [-0.2, 0) is 16.6 Å². The van der Waals surface area contributed by atoms with Gasteiger partial charge in [0.1, 0.15) is 0 Å². The van der Waals surface area contributed by atoms with Crippen LogP contribution in [0.2, 0.25) is 0 Å². The summed E-state index contributed by atoms with van der Waals surface area (Å²) < 4.78 is 27.9. The molecule has 6 nitrogen and oxygen atoms in total. The number of para-hydroxylation sites is 1. The van der Waals surface area contributed by atoms with E-state index in [1.807, 2.05) is 37.3 Å². The minimum Gasteiger partial charge on any atom is -0.348 e. The Morgan fingerprint density at radius 2 is 1.72 bits per heavy atom. The minimum atomic E-state index is -3.95. The molecule has 146 valence electrons. The Balaban J connectivity index is 1.80. The number of nitrogens with zero attached hydrogens (tertiary/aromatic N) is 1. The smallest absolute Gasteiger partial charge is 0.261 e. The van der Waals surface area contributed by atoms with Crippen molar-refractivity contribution < 1.29 is 13.2 Å². The zero-order chi connectivity index (χ0) is 20.9. The van der Waals surface area contributed by atoms with Crippen LogP contribution in [0.1, 0.15) is 27.0 Å². The molecule has 0 saturated carbocycles. The standard InChI is InChI=1S/C22H19N3O3S/c1-16-9-11-17(12-10-16)15-24-22(26)20-7-2-3-8-21(20)25-29(27,28)19-6-4-5-18(13-19)14-23/h2-13,25H,15H2,1H3,(H,24,26). The minimum absolute atomic E-state index is 0.0496. The van der Waals surface area contributed by atoms with E-state index in [0.29, 0.717) is 6.54 Å². The van der Waals surface area contributed by atoms with Crippen LogP contribution in [0.15, 0.2) is 77.7 Å². The largest absolute Gasteiger partial charge is 0.348 e. The lowest BCUT2D eigenvalue weighted by atomic mass is 10.1. The summed E-state index contributed by atoms with van der Waals surface area (Å²) in [7, 11) is -3.95. The zero-order valence-corrected chi connectivity index (χ0v) is 16.5. The molecule has 0 saturated heterocycles. The highest BCUT2D eigenvalue weighted by molar-refractivity contribution is 7.92. The van der Waals surface area contributed by atoms with Crippen molar-refractivity contribution >= 4 is 21.6 Å². The highest BCUT2D eigenvalue weighted by Gasteiger charge is 2.19. The maximum atomic E-state index is 12.7. The Morgan fingerprint density at radius 3 is 2.45 bits per heavy atom. The summed E-state index contributed by atoms with van der Waals surface area (Å²) in [6.45, 7) is 2.31. The number of hydrogen-bond acceptors (Lipinski definition) is 4. The molecular weight excluding hydrogens is 386 g/mol. The molecule has 0 spiro atoms. The van der Waals surface area contributed by atoms with Gasteiger partial charge in [-0.2, -0.15) is 5.26 Å². The number of anilines is 1. The van der Waals surface area contributed by atoms with Crippen molar-refractivity contribution in [3.8, 4) is 6.07 Å². The average molecular weight is 405 g/mol. The fraction of sp³-hybridized carbons (Fsp3) is 0.0909. The molecule has 1 amide bonds. The quantitative estimate of drug-likeness (QED) is 0.654. The van der Waals surface area contributed by atoms with Gasteiger partial charge >= 0.3 is 0 Å². The molecule has 29 heavy (non-hydrogen) atoms. The lowest BCUT2D eigenvalue weighted by Gasteiger charge is -2.13. The highest BCUT2D eigenvalue weighted by atomic mass is 32.2. The van der Waals surface area contributed by atoms with Crippen molar-refractivity contribution in [3.05, 3.63) is 95.1 Å². The number of benzene rings is 3. The Kier molecular flexibility index (Phi) is 5.96. The normalized spacial score (nSPS) is 10.8. The summed E-state index contributed by atoms with van der Waals surface area (Å²) in [6, 6.07) is 21.7. The predicted molar refractivity (Wildman–Crippen MR) is 111 cm³/mol. The number of amides is 1. The number of hydrogen-bond donors (Lipinski definition) is 2. The van der Waals surface area contributed by atoms with Crippen LogP contribution in [0.4, 0.5) is 5.69 Å². The summed E-state index contributed by atoms with van der Waals surface area (Å²) in [5, 5.41) is 11.8. The monoisotopic (exact) mass is 405 g/mol. The van der Waals surface area contributed by atoms with E-state index in [1.54, 1.807) is 18.2 Å². The molecule has 0 aliphatic rings. The average Bonchev–Trinajstić information content (AvgIpc) is 2.73. The molecule has 2 N–H and O–H groups in total. The molecule has 3 aromatic carbocycles. The maximum absolute atomic E-state index is 12.7. The van der Waals surface area contributed by atoms with Gasteiger partial charge in [-0.25, -0.2) is 8.42 Å². The van der Waals surface area contributed by atoms with E-state index in [2.05, 4.69) is 10.0 Å². The third-order valence-corrected chi connectivity index (χ3v) is 5.63. The molecule has 0 fully saturated rings. The summed E-state index contributed by atoms with van der Waals surface area (Å²) in [5.41, 5.74) is 2.67. The summed E-state index contributed by atoms with van der Waals surface area (Å²) in [5.74, 6) is -0.394. The van der Waals surface area contributed by atoms with Gasteiger partial charge in [-0.3, -0.25) is 9.52 Å². The van der Waals surface area contributed by atoms with E-state index in [4.69, 9.17) is 5.26 Å². The van der Waals surface area contributed by atoms with E-state index in [-0.39, 0.29) is 21.7 Å². The van der Waals surface area contributed by atoms with Gasteiger partial charge in [0.15, 0.2) is 0 Å². The van der Waals surface area contributed by atoms with Crippen molar-refractivity contribution in [3.63, 3.8) is 0 Å². The number of sulfonamides is 1. The Hall–Kier alpha value is -3.63. The second-order valence-corrected chi connectivity index (χ2v) is 8.14. The zero-order valence-electron chi connectivity index (χ0n) is 15.7. The first-order valence-electron chi connectivity index (χ1n) is 8.85. The lowest BCUT2D eigenvalue weighted by molar-refractivity contribution is 0.0952. The first-order chi connectivity index (χ1) is 13.9. The number of carbonyl (C=O) groups is 1. The second kappa shape index (κ2) is 8.59. The van der Waals surface area contributed by atoms with E-state index in [1.165, 1.54) is 30.3 Å². The molecule has 0 aromatic heterocycles. The van der Waals surface area contributed by atoms with Crippen LogP contribution in [0.5, 0.6) is 0 Å². The van der Waals surface area contributed by atoms with Gasteiger partial charge in [-0.1, -0.05) is 48.0 Å². The molecule has 0 aliphatic heterocycles. The third-order valence-electron chi connectivity index (χ3n) is 4.26. The molecule has 0 heterocycles. The van der Waals surface area contributed by atoms with Crippen LogP contribution in [0, 0.1) is 18.3 Å². The number of nitriles is 1. The van der Waals surface area contributed by atoms with Gasteiger partial charge in [-0.15, -0.1) is 0 Å². The van der Waals surface area contributed by atoms with Crippen LogP contribution in [-0.4, -0.2) is 14.3 Å². The van der Waals surface area contributed by atoms with Crippen molar-refractivity contribution in [2.24, 2.45) is 0 Å². The van der Waals surface area contributed by atoms with E-state index in [0.717, 1.165) is 11.1 Å². The van der Waals surface area contributed by atoms with E-state index < -0.39 is 15.9 Å². The fourth-order valence-corrected chi connectivity index (χ4v) is 3.82. The van der Waals surface area contributed by atoms with Gasteiger partial charge < -0.3 is 5.32 Å². The van der Waals surface area contributed by atoms with Crippen LogP contribution in [0.25, 0.3) is 0 Å². The van der Waals surface area contributed by atoms with Gasteiger partial charge in [0, 0.05) is 6.54 Å². The summed E-state index contributed by atoms with van der Waals surface area (Å²) in [4.78, 5) is 12.6. The first kappa shape index (κ1) is 20.1. The van der Waals surface area contributed by atoms with Crippen LogP contribution >= 0.6 is 0 Å². The first-order valence-corrected chi connectivity index (χ1v) is 10.3. The molecule has 0 atom stereocenters. The molecule has 3 aromatic rings. The third kappa shape index (κ3) is 5.00. The van der Waals surface area contributed by atoms with Crippen molar-refractivity contribution in [1.29, 1.82) is 5.26 Å². The number of rotatable bonds is 6. The molecule has 0 bridgehead atoms. The molecule has 0 radical (unpaired) electrons. The van der Waals surface area contributed by atoms with Crippen molar-refractivity contribution in [2.75, 3.05) is 4.72 Å². The van der Waals surface area contributed by atoms with Gasteiger partial charge in [0.05, 0.1) is 27.8 Å². The SMILES string of the molecule is Cc1ccc(CNC(=O)c2ccccc2NS(=O)(=O)c2cccc(C#N)c2)cc1. The molecule has 0 unspecified atom stereocenters. The van der Waals surface area contributed by atoms with E-state index >= 15 is 0 Å². The molecule has 3 rings (SSSR count). The molecular formula is C22H19N3O3S. The number of nitrogens with one attached hydrogen (secondary N) is 2. The summed E-state index contributed by atoms with van der Waals surface area (Å²) in [6.07, 6.45) is 0. The second-order valence-electron chi connectivity index (χ2n) is 6.46. The Morgan fingerprint density at radius 1 is 1.00 bits per heavy atom. The van der Waals surface area contributed by atoms with Gasteiger partial charge in [0.25, 0.3) is 15.9 Å². The Labute approximate surface area is 169 Å². The fourth-order valence-electron chi connectivity index (χ4n) is 2.69. The van der Waals surface area contributed by atoms with Gasteiger partial charge in [0.2, 0.25) is 0 Å². The van der Waals surface area contributed by atoms with Crippen LogP contribution in [0.3, 0.4) is 0 Å². The molecule has 7 heteroatoms. The lowest BCUT2D eigenvalue weighted by Crippen LogP contribution is -2.25. The van der Waals surface area contributed by atoms with Crippen molar-refractivity contribution in [1.82, 2.24) is 5.32 Å². The topological polar surface area (TPSA) is 99.1 Å². The van der Waals surface area contributed by atoms with E-state index in [9.17, 15) is 13.2 Å². The maximum Gasteiger partial charge on any atom is 0.261 e. The highest BCUT2D eigenvalue weighted by Crippen LogP contribution is 2.21.